The second-order valence-corrected chi connectivity index (χ2v) is 14.8. The van der Waals surface area contributed by atoms with E-state index in [-0.39, 0.29) is 5.92 Å². The topological polar surface area (TPSA) is 43.6 Å². The zero-order valence-corrected chi connectivity index (χ0v) is 31.1. The number of fused-ring (bicyclic) bond motifs is 2. The highest BCUT2D eigenvalue weighted by atomic mass is 15.5. The molecule has 6 bridgehead atoms. The van der Waals surface area contributed by atoms with Gasteiger partial charge >= 0.3 is 0 Å². The summed E-state index contributed by atoms with van der Waals surface area (Å²) in [6, 6.07) is 61.1. The fraction of sp³-hybridized carbons (Fsp3) is 0.0377. The molecule has 0 amide bonds. The summed E-state index contributed by atoms with van der Waals surface area (Å²) >= 11 is 0. The number of benzene rings is 7. The van der Waals surface area contributed by atoms with E-state index >= 15 is 0 Å². The van der Waals surface area contributed by atoms with Crippen molar-refractivity contribution in [3.8, 4) is 72.4 Å². The number of hydrogen-bond donors (Lipinski definition) is 0. The van der Waals surface area contributed by atoms with Crippen LogP contribution in [0.4, 0.5) is 0 Å². The molecule has 12 rings (SSSR count). The molecular weight excluding hydrogens is 693 g/mol. The average molecular weight is 729 g/mol. The van der Waals surface area contributed by atoms with Gasteiger partial charge in [0.05, 0.1) is 5.69 Å². The van der Waals surface area contributed by atoms with Crippen LogP contribution in [0.3, 0.4) is 0 Å². The molecule has 0 N–H and O–H groups in total. The highest BCUT2D eigenvalue weighted by Gasteiger charge is 2.25. The van der Waals surface area contributed by atoms with E-state index in [0.717, 1.165) is 62.1 Å². The zero-order chi connectivity index (χ0) is 37.7. The lowest BCUT2D eigenvalue weighted by atomic mass is 9.80. The van der Waals surface area contributed by atoms with Crippen LogP contribution in [0.5, 0.6) is 0 Å². The maximum absolute atomic E-state index is 5.34. The standard InChI is InChI=1S/C53H36N4/c1-3-11-37(12-4-1)45-18-8-21-48-41-16-7-15-40(31-41)35-22-24-39(25-23-35)47-20-9-19-46(38-13-5-2-6-14-38)52(47)49-32-43(51(45)48)33-50-53(49)56-57(55-50)44-28-26-36(27-29-44)42-17-10-30-54-34-42/h1-22,24-35H,23H2. The number of nitrogens with zero attached hydrogens (tertiary/aromatic N) is 4. The number of rotatable bonds is 4. The van der Waals surface area contributed by atoms with Gasteiger partial charge in [0.2, 0.25) is 0 Å². The van der Waals surface area contributed by atoms with Crippen LogP contribution in [0.15, 0.2) is 200 Å². The number of aromatic nitrogens is 4. The Kier molecular flexibility index (Phi) is 7.92. The van der Waals surface area contributed by atoms with Crippen molar-refractivity contribution >= 4 is 16.6 Å². The van der Waals surface area contributed by atoms with Crippen molar-refractivity contribution < 1.29 is 0 Å². The Morgan fingerprint density at radius 3 is 1.84 bits per heavy atom. The van der Waals surface area contributed by atoms with E-state index < -0.39 is 0 Å². The first-order valence-electron chi connectivity index (χ1n) is 19.5. The Labute approximate surface area is 331 Å². The highest BCUT2D eigenvalue weighted by Crippen LogP contribution is 2.47. The van der Waals surface area contributed by atoms with Gasteiger partial charge in [0.25, 0.3) is 0 Å². The van der Waals surface area contributed by atoms with Gasteiger partial charge in [-0.05, 0) is 115 Å². The molecule has 0 radical (unpaired) electrons. The average Bonchev–Trinajstić information content (AvgIpc) is 3.74. The van der Waals surface area contributed by atoms with Gasteiger partial charge in [-0.15, -0.1) is 10.2 Å². The Morgan fingerprint density at radius 2 is 1.14 bits per heavy atom. The van der Waals surface area contributed by atoms with Crippen molar-refractivity contribution in [1.29, 1.82) is 0 Å². The molecule has 1 atom stereocenters. The van der Waals surface area contributed by atoms with E-state index in [9.17, 15) is 0 Å². The first kappa shape index (κ1) is 33.0. The Balaban J connectivity index is 1.24. The molecule has 7 aromatic carbocycles. The molecular formula is C53H36N4. The van der Waals surface area contributed by atoms with Crippen LogP contribution < -0.4 is 0 Å². The monoisotopic (exact) mass is 728 g/mol. The second kappa shape index (κ2) is 13.7. The maximum atomic E-state index is 5.34. The molecule has 0 saturated heterocycles. The summed E-state index contributed by atoms with van der Waals surface area (Å²) in [5.41, 5.74) is 20.0. The molecule has 0 fully saturated rings. The molecule has 57 heavy (non-hydrogen) atoms. The minimum atomic E-state index is 0.284. The van der Waals surface area contributed by atoms with Gasteiger partial charge in [-0.25, -0.2) is 0 Å². The van der Waals surface area contributed by atoms with E-state index in [2.05, 4.69) is 187 Å². The maximum Gasteiger partial charge on any atom is 0.121 e. The summed E-state index contributed by atoms with van der Waals surface area (Å²) in [7, 11) is 0. The molecule has 268 valence electrons. The molecule has 0 spiro atoms. The molecule has 2 heterocycles. The molecule has 3 aliphatic carbocycles. The molecule has 3 aliphatic rings. The highest BCUT2D eigenvalue weighted by molar-refractivity contribution is 6.06. The lowest BCUT2D eigenvalue weighted by molar-refractivity contribution is 0.766. The molecule has 0 saturated carbocycles. The Hall–Kier alpha value is -7.43. The van der Waals surface area contributed by atoms with E-state index in [1.54, 1.807) is 11.0 Å². The summed E-state index contributed by atoms with van der Waals surface area (Å²) in [4.78, 5) is 6.12. The fourth-order valence-corrected chi connectivity index (χ4v) is 8.70. The molecule has 9 aromatic rings. The summed E-state index contributed by atoms with van der Waals surface area (Å²) in [5, 5.41) is 10.6. The van der Waals surface area contributed by atoms with Crippen LogP contribution >= 0.6 is 0 Å². The predicted octanol–water partition coefficient (Wildman–Crippen LogP) is 13.3. The normalized spacial score (nSPS) is 14.1. The first-order valence-corrected chi connectivity index (χ1v) is 19.5. The minimum absolute atomic E-state index is 0.284. The minimum Gasteiger partial charge on any atom is -0.264 e. The van der Waals surface area contributed by atoms with Crippen molar-refractivity contribution in [1.82, 2.24) is 20.0 Å². The molecule has 4 nitrogen and oxygen atoms in total. The van der Waals surface area contributed by atoms with Crippen LogP contribution in [0.25, 0.3) is 89.1 Å². The van der Waals surface area contributed by atoms with Crippen molar-refractivity contribution in [3.63, 3.8) is 0 Å². The van der Waals surface area contributed by atoms with Gasteiger partial charge in [0.1, 0.15) is 11.0 Å². The quantitative estimate of drug-likeness (QED) is 0.181. The SMILES string of the molecule is C1=CC2CC=C1c1cccc(-c3ccccc3)c1-c1cc(cc3nn(-c4ccc(-c5cccnc5)cc4)nc13)-c1c(-c3ccccc3)cccc1-c1cccc2c1. The fourth-order valence-electron chi connectivity index (χ4n) is 8.70. The van der Waals surface area contributed by atoms with E-state index in [1.165, 1.54) is 44.5 Å². The smallest absolute Gasteiger partial charge is 0.121 e. The molecule has 0 aliphatic heterocycles. The van der Waals surface area contributed by atoms with E-state index in [1.807, 2.05) is 12.3 Å². The van der Waals surface area contributed by atoms with E-state index in [4.69, 9.17) is 10.2 Å². The molecule has 4 heteroatoms. The van der Waals surface area contributed by atoms with Crippen LogP contribution in [0, 0.1) is 0 Å². The lowest BCUT2D eigenvalue weighted by Gasteiger charge is -2.23. The first-order chi connectivity index (χ1) is 28.2. The number of pyridine rings is 1. The summed E-state index contributed by atoms with van der Waals surface area (Å²) in [6.45, 7) is 0. The summed E-state index contributed by atoms with van der Waals surface area (Å²) in [5.74, 6) is 0.284. The lowest BCUT2D eigenvalue weighted by Crippen LogP contribution is -2.02. The summed E-state index contributed by atoms with van der Waals surface area (Å²) < 4.78 is 0. The van der Waals surface area contributed by atoms with Crippen molar-refractivity contribution in [2.45, 2.75) is 12.3 Å². The van der Waals surface area contributed by atoms with Gasteiger partial charge < -0.3 is 0 Å². The van der Waals surface area contributed by atoms with Crippen molar-refractivity contribution in [3.05, 3.63) is 212 Å². The van der Waals surface area contributed by atoms with Crippen LogP contribution in [-0.2, 0) is 0 Å². The van der Waals surface area contributed by atoms with Gasteiger partial charge in [-0.2, -0.15) is 4.80 Å². The van der Waals surface area contributed by atoms with Gasteiger partial charge in [-0.1, -0.05) is 158 Å². The largest absolute Gasteiger partial charge is 0.264 e. The molecule has 2 aromatic heterocycles. The molecule has 1 unspecified atom stereocenters. The predicted molar refractivity (Wildman–Crippen MR) is 234 cm³/mol. The number of hydrogen-bond acceptors (Lipinski definition) is 3. The van der Waals surface area contributed by atoms with Crippen LogP contribution in [0.2, 0.25) is 0 Å². The van der Waals surface area contributed by atoms with Gasteiger partial charge in [0, 0.05) is 23.9 Å². The van der Waals surface area contributed by atoms with Gasteiger partial charge in [0.15, 0.2) is 0 Å². The Bertz CT molecular complexity index is 3010. The third-order valence-corrected chi connectivity index (χ3v) is 11.5. The number of allylic oxidation sites excluding steroid dienone is 4. The van der Waals surface area contributed by atoms with Gasteiger partial charge in [-0.3, -0.25) is 4.98 Å². The van der Waals surface area contributed by atoms with Crippen LogP contribution in [-0.4, -0.2) is 20.0 Å². The third-order valence-electron chi connectivity index (χ3n) is 11.5. The van der Waals surface area contributed by atoms with Crippen molar-refractivity contribution in [2.75, 3.05) is 0 Å². The second-order valence-electron chi connectivity index (χ2n) is 14.8. The zero-order valence-electron chi connectivity index (χ0n) is 31.1. The van der Waals surface area contributed by atoms with Crippen molar-refractivity contribution in [2.24, 2.45) is 0 Å². The van der Waals surface area contributed by atoms with Crippen LogP contribution in [0.1, 0.15) is 23.5 Å². The van der Waals surface area contributed by atoms with E-state index in [0.29, 0.717) is 0 Å². The summed E-state index contributed by atoms with van der Waals surface area (Å²) in [6.07, 6.45) is 11.7. The Morgan fingerprint density at radius 1 is 0.474 bits per heavy atom. The third kappa shape index (κ3) is 5.82.